The maximum absolute atomic E-state index is 13.2. The van der Waals surface area contributed by atoms with Gasteiger partial charge in [0.1, 0.15) is 5.92 Å². The fourth-order valence-corrected chi connectivity index (χ4v) is 6.57. The molecule has 204 valence electrons. The van der Waals surface area contributed by atoms with Crippen LogP contribution in [0.3, 0.4) is 0 Å². The fourth-order valence-electron chi connectivity index (χ4n) is 6.57. The van der Waals surface area contributed by atoms with E-state index in [1.807, 2.05) is 78.9 Å². The number of rotatable bonds is 3. The van der Waals surface area contributed by atoms with Gasteiger partial charge in [0.05, 0.1) is 5.57 Å². The molecular formula is C38H28O4. The molecule has 0 fully saturated rings. The van der Waals surface area contributed by atoms with E-state index >= 15 is 0 Å². The molecule has 0 saturated heterocycles. The number of benzene rings is 4. The second kappa shape index (κ2) is 9.56. The number of carbonyl (C=O) groups is 4. The van der Waals surface area contributed by atoms with Crippen molar-refractivity contribution in [1.29, 1.82) is 0 Å². The van der Waals surface area contributed by atoms with Gasteiger partial charge in [-0.05, 0) is 81.3 Å². The van der Waals surface area contributed by atoms with Gasteiger partial charge in [-0.2, -0.15) is 0 Å². The van der Waals surface area contributed by atoms with E-state index in [9.17, 15) is 19.2 Å². The van der Waals surface area contributed by atoms with Gasteiger partial charge in [-0.15, -0.1) is 0 Å². The van der Waals surface area contributed by atoms with Crippen LogP contribution in [0.2, 0.25) is 0 Å². The van der Waals surface area contributed by atoms with Crippen LogP contribution in [-0.2, 0) is 0 Å². The van der Waals surface area contributed by atoms with E-state index in [-0.39, 0.29) is 34.1 Å². The monoisotopic (exact) mass is 548 g/mol. The normalized spacial score (nSPS) is 19.3. The lowest BCUT2D eigenvalue weighted by Crippen LogP contribution is -2.17. The Morgan fingerprint density at radius 1 is 0.643 bits per heavy atom. The number of allylic oxidation sites excluding steroid dienone is 8. The molecule has 3 aliphatic carbocycles. The Balaban J connectivity index is 1.17. The topological polar surface area (TPSA) is 68.3 Å². The predicted molar refractivity (Wildman–Crippen MR) is 165 cm³/mol. The van der Waals surface area contributed by atoms with Crippen LogP contribution in [0, 0.1) is 11.3 Å². The molecule has 3 aliphatic rings. The third-order valence-electron chi connectivity index (χ3n) is 8.55. The van der Waals surface area contributed by atoms with E-state index in [1.165, 1.54) is 0 Å². The van der Waals surface area contributed by atoms with E-state index in [0.29, 0.717) is 22.3 Å². The minimum Gasteiger partial charge on any atom is -0.293 e. The molecule has 7 rings (SSSR count). The van der Waals surface area contributed by atoms with Gasteiger partial charge in [0.15, 0.2) is 23.1 Å². The Kier molecular flexibility index (Phi) is 5.91. The number of hydrogen-bond donors (Lipinski definition) is 0. The molecule has 4 nitrogen and oxygen atoms in total. The summed E-state index contributed by atoms with van der Waals surface area (Å²) >= 11 is 0. The zero-order chi connectivity index (χ0) is 29.2. The summed E-state index contributed by atoms with van der Waals surface area (Å²) in [5, 5.41) is 3.75. The van der Waals surface area contributed by atoms with Crippen molar-refractivity contribution in [3.63, 3.8) is 0 Å². The zero-order valence-electron chi connectivity index (χ0n) is 23.4. The van der Waals surface area contributed by atoms with Crippen molar-refractivity contribution in [3.05, 3.63) is 142 Å². The summed E-state index contributed by atoms with van der Waals surface area (Å²) in [6.07, 6.45) is 10.7. The molecule has 0 unspecified atom stereocenters. The lowest BCUT2D eigenvalue weighted by molar-refractivity contribution is 0.0869. The molecule has 4 aromatic rings. The molecule has 0 atom stereocenters. The molecule has 0 N–H and O–H groups in total. The lowest BCUT2D eigenvalue weighted by atomic mass is 9.75. The Hall–Kier alpha value is -4.96. The second-order valence-corrected chi connectivity index (χ2v) is 12.3. The molecule has 4 aromatic carbocycles. The van der Waals surface area contributed by atoms with E-state index in [1.54, 1.807) is 24.3 Å². The van der Waals surface area contributed by atoms with E-state index in [2.05, 4.69) is 13.8 Å². The maximum Gasteiger partial charge on any atom is 0.197 e. The molecule has 0 bridgehead atoms. The molecule has 0 heterocycles. The highest BCUT2D eigenvalue weighted by Crippen LogP contribution is 2.40. The van der Waals surface area contributed by atoms with Crippen LogP contribution in [-0.4, -0.2) is 23.1 Å². The second-order valence-electron chi connectivity index (χ2n) is 12.3. The van der Waals surface area contributed by atoms with Crippen LogP contribution < -0.4 is 0 Å². The Bertz CT molecular complexity index is 1920. The first kappa shape index (κ1) is 26.0. The Morgan fingerprint density at radius 3 is 1.62 bits per heavy atom. The van der Waals surface area contributed by atoms with Gasteiger partial charge in [-0.3, -0.25) is 19.2 Å². The highest BCUT2D eigenvalue weighted by atomic mass is 16.2. The van der Waals surface area contributed by atoms with Crippen molar-refractivity contribution >= 4 is 44.7 Å². The Labute approximate surface area is 243 Å². The maximum atomic E-state index is 13.2. The number of hydrogen-bond acceptors (Lipinski definition) is 4. The van der Waals surface area contributed by atoms with Gasteiger partial charge >= 0.3 is 0 Å². The van der Waals surface area contributed by atoms with Gasteiger partial charge in [-0.25, -0.2) is 0 Å². The highest BCUT2D eigenvalue weighted by Gasteiger charge is 2.37. The average Bonchev–Trinajstić information content (AvgIpc) is 3.34. The molecule has 0 saturated carbocycles. The molecule has 4 heteroatoms. The SMILES string of the molecule is CC1(C)CC(/C=C/C2C(=O)c3cc4ccccc4cc3C2=O)=CC(=C/C=C2C(=O)c3cc4ccccc4cc3C2=O)/C1. The van der Waals surface area contributed by atoms with Crippen LogP contribution in [0.5, 0.6) is 0 Å². The molecule has 0 aliphatic heterocycles. The molecule has 42 heavy (non-hydrogen) atoms. The molecule has 0 spiro atoms. The van der Waals surface area contributed by atoms with Crippen molar-refractivity contribution in [1.82, 2.24) is 0 Å². The first-order chi connectivity index (χ1) is 20.2. The van der Waals surface area contributed by atoms with Gasteiger partial charge in [0.25, 0.3) is 0 Å². The van der Waals surface area contributed by atoms with Gasteiger partial charge < -0.3 is 0 Å². The molecule has 0 aromatic heterocycles. The van der Waals surface area contributed by atoms with E-state index in [4.69, 9.17) is 0 Å². The van der Waals surface area contributed by atoms with Crippen LogP contribution in [0.15, 0.2) is 120 Å². The van der Waals surface area contributed by atoms with Crippen molar-refractivity contribution in [2.45, 2.75) is 26.7 Å². The smallest absolute Gasteiger partial charge is 0.197 e. The molecular weight excluding hydrogens is 520 g/mol. The van der Waals surface area contributed by atoms with Crippen LogP contribution in [0.4, 0.5) is 0 Å². The van der Waals surface area contributed by atoms with Crippen LogP contribution in [0.25, 0.3) is 21.5 Å². The van der Waals surface area contributed by atoms with Crippen molar-refractivity contribution in [3.8, 4) is 0 Å². The van der Waals surface area contributed by atoms with Crippen molar-refractivity contribution in [2.24, 2.45) is 11.3 Å². The quantitative estimate of drug-likeness (QED) is 0.147. The number of Topliss-reactive ketones (excluding diaryl/α,β-unsaturated/α-hetero) is 4. The average molecular weight is 549 g/mol. The summed E-state index contributed by atoms with van der Waals surface area (Å²) in [5.74, 6) is -1.66. The first-order valence-electron chi connectivity index (χ1n) is 14.2. The third kappa shape index (κ3) is 4.31. The fraction of sp³-hybridized carbons (Fsp3) is 0.158. The first-order valence-corrected chi connectivity index (χ1v) is 14.2. The van der Waals surface area contributed by atoms with Crippen LogP contribution in [0.1, 0.15) is 68.1 Å². The minimum atomic E-state index is -0.833. The van der Waals surface area contributed by atoms with Gasteiger partial charge in [0.2, 0.25) is 0 Å². The zero-order valence-corrected chi connectivity index (χ0v) is 23.4. The van der Waals surface area contributed by atoms with E-state index < -0.39 is 5.92 Å². The molecule has 0 radical (unpaired) electrons. The van der Waals surface area contributed by atoms with Gasteiger partial charge in [0, 0.05) is 22.3 Å². The number of fused-ring (bicyclic) bond motifs is 4. The predicted octanol–water partition coefficient (Wildman–Crippen LogP) is 8.22. The summed E-state index contributed by atoms with van der Waals surface area (Å²) in [6, 6.07) is 22.7. The summed E-state index contributed by atoms with van der Waals surface area (Å²) in [4.78, 5) is 52.8. The van der Waals surface area contributed by atoms with Gasteiger partial charge in [-0.1, -0.05) is 86.7 Å². The molecule has 0 amide bonds. The summed E-state index contributed by atoms with van der Waals surface area (Å²) < 4.78 is 0. The van der Waals surface area contributed by atoms with Crippen molar-refractivity contribution < 1.29 is 19.2 Å². The van der Waals surface area contributed by atoms with E-state index in [0.717, 1.165) is 45.5 Å². The Morgan fingerprint density at radius 2 is 1.12 bits per heavy atom. The third-order valence-corrected chi connectivity index (χ3v) is 8.55. The largest absolute Gasteiger partial charge is 0.293 e. The number of carbonyl (C=O) groups excluding carboxylic acids is 4. The lowest BCUT2D eigenvalue weighted by Gasteiger charge is -2.30. The highest BCUT2D eigenvalue weighted by molar-refractivity contribution is 6.40. The van der Waals surface area contributed by atoms with Crippen molar-refractivity contribution in [2.75, 3.05) is 0 Å². The number of ketones is 4. The summed E-state index contributed by atoms with van der Waals surface area (Å²) in [7, 11) is 0. The standard InChI is InChI=1S/C38H28O4/c1-38(2)20-22(11-13-28-34(39)30-16-24-7-3-4-8-25(24)17-31(30)35(28)40)15-23(21-38)12-14-29-36(41)32-18-26-9-5-6-10-27(26)19-33(32)37(29)42/h3-19,28H,20-21H2,1-2H3/b13-11+,23-12-. The summed E-state index contributed by atoms with van der Waals surface area (Å²) in [6.45, 7) is 4.32. The van der Waals surface area contributed by atoms with Crippen LogP contribution >= 0.6 is 0 Å². The minimum absolute atomic E-state index is 0.0759. The summed E-state index contributed by atoms with van der Waals surface area (Å²) in [5.41, 5.74) is 3.95.